The van der Waals surface area contributed by atoms with Crippen molar-refractivity contribution in [3.8, 4) is 11.4 Å². The third kappa shape index (κ3) is 6.16. The van der Waals surface area contributed by atoms with Crippen molar-refractivity contribution in [3.63, 3.8) is 0 Å². The van der Waals surface area contributed by atoms with Gasteiger partial charge in [-0.1, -0.05) is 70.2 Å². The highest BCUT2D eigenvalue weighted by Gasteiger charge is 2.14. The topological polar surface area (TPSA) is 76.9 Å². The van der Waals surface area contributed by atoms with Crippen LogP contribution in [0.2, 0.25) is 0 Å². The minimum Gasteiger partial charge on any atom is -0.302 e. The Labute approximate surface area is 177 Å². The van der Waals surface area contributed by atoms with E-state index < -0.39 is 10.0 Å². The van der Waals surface area contributed by atoms with Crippen molar-refractivity contribution in [2.45, 2.75) is 18.1 Å². The van der Waals surface area contributed by atoms with Gasteiger partial charge in [0.05, 0.1) is 6.26 Å². The van der Waals surface area contributed by atoms with Crippen LogP contribution in [0.5, 0.6) is 0 Å². The van der Waals surface area contributed by atoms with Gasteiger partial charge in [-0.2, -0.15) is 0 Å². The van der Waals surface area contributed by atoms with Crippen LogP contribution < -0.4 is 4.72 Å². The van der Waals surface area contributed by atoms with Crippen molar-refractivity contribution < 1.29 is 8.42 Å². The minimum atomic E-state index is -3.19. The summed E-state index contributed by atoms with van der Waals surface area (Å²) in [4.78, 5) is 0. The quantitative estimate of drug-likeness (QED) is 0.374. The summed E-state index contributed by atoms with van der Waals surface area (Å²) in [6.45, 7) is 1.09. The van der Waals surface area contributed by atoms with Gasteiger partial charge in [-0.15, -0.1) is 10.2 Å². The van der Waals surface area contributed by atoms with Crippen molar-refractivity contribution in [1.82, 2.24) is 19.5 Å². The highest BCUT2D eigenvalue weighted by atomic mass is 79.9. The molecule has 0 spiro atoms. The Hall–Kier alpha value is -1.68. The fourth-order valence-corrected chi connectivity index (χ4v) is 4.35. The molecule has 28 heavy (non-hydrogen) atoms. The molecule has 0 aliphatic heterocycles. The van der Waals surface area contributed by atoms with Crippen LogP contribution in [0.25, 0.3) is 11.4 Å². The summed E-state index contributed by atoms with van der Waals surface area (Å²) < 4.78 is 28.1. The van der Waals surface area contributed by atoms with E-state index >= 15 is 0 Å². The molecule has 0 radical (unpaired) electrons. The first-order chi connectivity index (χ1) is 13.4. The first-order valence-electron chi connectivity index (χ1n) is 8.73. The van der Waals surface area contributed by atoms with Crippen LogP contribution >= 0.6 is 27.7 Å². The van der Waals surface area contributed by atoms with Crippen molar-refractivity contribution in [3.05, 3.63) is 64.6 Å². The number of aryl methyl sites for hydroxylation is 1. The Bertz CT molecular complexity index is 1010. The second-order valence-corrected chi connectivity index (χ2v) is 10.0. The normalized spacial score (nSPS) is 11.6. The van der Waals surface area contributed by atoms with E-state index in [-0.39, 0.29) is 0 Å². The molecule has 0 amide bonds. The first-order valence-corrected chi connectivity index (χ1v) is 12.4. The SMILES string of the molecule is CS(=O)(=O)NCCSc1nnc(-c2ccc(Br)cc2)n1CCc1ccccc1. The zero-order valence-electron chi connectivity index (χ0n) is 15.4. The summed E-state index contributed by atoms with van der Waals surface area (Å²) in [6, 6.07) is 18.3. The molecule has 0 saturated carbocycles. The smallest absolute Gasteiger partial charge is 0.208 e. The number of sulfonamides is 1. The zero-order chi connectivity index (χ0) is 20.0. The largest absolute Gasteiger partial charge is 0.302 e. The summed E-state index contributed by atoms with van der Waals surface area (Å²) in [6.07, 6.45) is 2.02. The van der Waals surface area contributed by atoms with Crippen LogP contribution in [0.4, 0.5) is 0 Å². The van der Waals surface area contributed by atoms with Gasteiger partial charge in [0.1, 0.15) is 0 Å². The Kier molecular flexibility index (Phi) is 7.28. The van der Waals surface area contributed by atoms with E-state index in [1.165, 1.54) is 17.3 Å². The zero-order valence-corrected chi connectivity index (χ0v) is 18.6. The van der Waals surface area contributed by atoms with E-state index in [4.69, 9.17) is 0 Å². The predicted molar refractivity (Wildman–Crippen MR) is 117 cm³/mol. The van der Waals surface area contributed by atoms with Gasteiger partial charge in [0.2, 0.25) is 10.0 Å². The molecule has 6 nitrogen and oxygen atoms in total. The number of aromatic nitrogens is 3. The Balaban J connectivity index is 1.79. The number of nitrogens with zero attached hydrogens (tertiary/aromatic N) is 3. The maximum atomic E-state index is 11.2. The van der Waals surface area contributed by atoms with Crippen LogP contribution in [0.15, 0.2) is 64.2 Å². The third-order valence-electron chi connectivity index (χ3n) is 3.98. The molecule has 0 saturated heterocycles. The molecule has 0 fully saturated rings. The molecular formula is C19H21BrN4O2S2. The molecule has 1 N–H and O–H groups in total. The molecule has 2 aromatic carbocycles. The molecule has 0 atom stereocenters. The predicted octanol–water partition coefficient (Wildman–Crippen LogP) is 3.59. The molecule has 0 unspecified atom stereocenters. The van der Waals surface area contributed by atoms with E-state index in [9.17, 15) is 8.42 Å². The molecule has 9 heteroatoms. The monoisotopic (exact) mass is 480 g/mol. The number of hydrogen-bond acceptors (Lipinski definition) is 5. The van der Waals surface area contributed by atoms with Gasteiger partial charge < -0.3 is 4.57 Å². The second kappa shape index (κ2) is 9.69. The minimum absolute atomic E-state index is 0.350. The molecule has 0 bridgehead atoms. The van der Waals surface area contributed by atoms with Crippen LogP contribution in [-0.2, 0) is 23.0 Å². The second-order valence-electron chi connectivity index (χ2n) is 6.22. The number of hydrogen-bond donors (Lipinski definition) is 1. The van der Waals surface area contributed by atoms with Gasteiger partial charge in [-0.25, -0.2) is 13.1 Å². The molecule has 0 aliphatic rings. The lowest BCUT2D eigenvalue weighted by molar-refractivity contribution is 0.590. The van der Waals surface area contributed by atoms with Gasteiger partial charge in [-0.3, -0.25) is 0 Å². The number of halogens is 1. The first kappa shape index (κ1) is 21.0. The standard InChI is InChI=1S/C19H21BrN4O2S2/c1-28(25,26)21-12-14-27-19-23-22-18(16-7-9-17(20)10-8-16)24(19)13-11-15-5-3-2-4-6-15/h2-10,21H,11-14H2,1H3. The van der Waals surface area contributed by atoms with Crippen LogP contribution in [0.3, 0.4) is 0 Å². The summed E-state index contributed by atoms with van der Waals surface area (Å²) in [5, 5.41) is 9.52. The van der Waals surface area contributed by atoms with Crippen molar-refractivity contribution in [2.75, 3.05) is 18.6 Å². The Morgan fingerprint density at radius 3 is 2.46 bits per heavy atom. The van der Waals surface area contributed by atoms with Gasteiger partial charge >= 0.3 is 0 Å². The lowest BCUT2D eigenvalue weighted by Gasteiger charge is -2.11. The summed E-state index contributed by atoms with van der Waals surface area (Å²) in [5.41, 5.74) is 2.23. The molecule has 148 valence electrons. The van der Waals surface area contributed by atoms with Gasteiger partial charge in [-0.05, 0) is 24.1 Å². The lowest BCUT2D eigenvalue weighted by atomic mass is 10.1. The maximum absolute atomic E-state index is 11.2. The molecular weight excluding hydrogens is 460 g/mol. The maximum Gasteiger partial charge on any atom is 0.208 e. The fourth-order valence-electron chi connectivity index (χ4n) is 2.66. The molecule has 1 heterocycles. The summed E-state index contributed by atoms with van der Waals surface area (Å²) in [7, 11) is -3.19. The molecule has 3 aromatic rings. The van der Waals surface area contributed by atoms with Crippen molar-refractivity contribution >= 4 is 37.7 Å². The van der Waals surface area contributed by atoms with Crippen LogP contribution in [0.1, 0.15) is 5.56 Å². The van der Waals surface area contributed by atoms with Crippen molar-refractivity contribution in [1.29, 1.82) is 0 Å². The number of thioether (sulfide) groups is 1. The number of nitrogens with one attached hydrogen (secondary N) is 1. The van der Waals surface area contributed by atoms with Gasteiger partial charge in [0, 0.05) is 28.9 Å². The summed E-state index contributed by atoms with van der Waals surface area (Å²) >= 11 is 4.95. The number of rotatable bonds is 9. The molecule has 1 aromatic heterocycles. The van der Waals surface area contributed by atoms with Gasteiger partial charge in [0.25, 0.3) is 0 Å². The van der Waals surface area contributed by atoms with E-state index in [1.807, 2.05) is 42.5 Å². The van der Waals surface area contributed by atoms with E-state index in [0.717, 1.165) is 40.2 Å². The number of benzene rings is 2. The summed E-state index contributed by atoms with van der Waals surface area (Å²) in [5.74, 6) is 1.39. The van der Waals surface area contributed by atoms with Crippen LogP contribution in [-0.4, -0.2) is 41.7 Å². The Morgan fingerprint density at radius 1 is 1.07 bits per heavy atom. The fraction of sp³-hybridized carbons (Fsp3) is 0.263. The lowest BCUT2D eigenvalue weighted by Crippen LogP contribution is -2.24. The molecule has 3 rings (SSSR count). The average molecular weight is 481 g/mol. The van der Waals surface area contributed by atoms with Crippen LogP contribution in [0, 0.1) is 0 Å². The Morgan fingerprint density at radius 2 is 1.79 bits per heavy atom. The van der Waals surface area contributed by atoms with E-state index in [1.54, 1.807) is 0 Å². The van der Waals surface area contributed by atoms with Crippen molar-refractivity contribution in [2.24, 2.45) is 0 Å². The highest BCUT2D eigenvalue weighted by molar-refractivity contribution is 9.10. The highest BCUT2D eigenvalue weighted by Crippen LogP contribution is 2.25. The molecule has 0 aliphatic carbocycles. The third-order valence-corrected chi connectivity index (χ3v) is 6.21. The van der Waals surface area contributed by atoms with E-state index in [0.29, 0.717) is 12.3 Å². The van der Waals surface area contributed by atoms with E-state index in [2.05, 4.69) is 47.5 Å². The average Bonchev–Trinajstić information content (AvgIpc) is 3.07. The van der Waals surface area contributed by atoms with Gasteiger partial charge in [0.15, 0.2) is 11.0 Å².